The minimum Gasteiger partial charge on any atom is -0.371 e. The Bertz CT molecular complexity index is 398. The summed E-state index contributed by atoms with van der Waals surface area (Å²) >= 11 is 0. The Morgan fingerprint density at radius 1 is 1.16 bits per heavy atom. The Kier molecular flexibility index (Phi) is 4.51. The Balaban J connectivity index is 2.05. The topological polar surface area (TPSA) is 29.3 Å². The number of para-hydroxylation sites is 1. The van der Waals surface area contributed by atoms with Crippen molar-refractivity contribution in [2.75, 3.05) is 24.5 Å². The van der Waals surface area contributed by atoms with Crippen molar-refractivity contribution in [3.05, 3.63) is 29.8 Å². The molecule has 2 N–H and O–H groups in total. The second-order valence-electron chi connectivity index (χ2n) is 6.79. The molecular weight excluding hydrogens is 232 g/mol. The molecule has 0 radical (unpaired) electrons. The van der Waals surface area contributed by atoms with Crippen LogP contribution in [0.1, 0.15) is 39.2 Å². The van der Waals surface area contributed by atoms with E-state index < -0.39 is 0 Å². The molecule has 0 aliphatic carbocycles. The zero-order valence-corrected chi connectivity index (χ0v) is 12.7. The molecule has 0 atom stereocenters. The summed E-state index contributed by atoms with van der Waals surface area (Å²) in [5, 5.41) is 0. The quantitative estimate of drug-likeness (QED) is 0.902. The molecule has 0 spiro atoms. The second kappa shape index (κ2) is 5.96. The molecule has 2 nitrogen and oxygen atoms in total. The van der Waals surface area contributed by atoms with Crippen LogP contribution in [0.3, 0.4) is 0 Å². The van der Waals surface area contributed by atoms with Crippen molar-refractivity contribution >= 4 is 5.69 Å². The van der Waals surface area contributed by atoms with Gasteiger partial charge in [-0.05, 0) is 48.8 Å². The number of piperidine rings is 1. The summed E-state index contributed by atoms with van der Waals surface area (Å²) in [6, 6.07) is 8.74. The van der Waals surface area contributed by atoms with E-state index in [9.17, 15) is 0 Å². The minimum atomic E-state index is 0.447. The Morgan fingerprint density at radius 3 is 2.37 bits per heavy atom. The van der Waals surface area contributed by atoms with Gasteiger partial charge in [-0.2, -0.15) is 0 Å². The molecule has 1 saturated heterocycles. The minimum absolute atomic E-state index is 0.447. The molecule has 1 heterocycles. The molecule has 2 heteroatoms. The monoisotopic (exact) mass is 260 g/mol. The van der Waals surface area contributed by atoms with E-state index in [4.69, 9.17) is 5.73 Å². The molecule has 0 amide bonds. The summed E-state index contributed by atoms with van der Waals surface area (Å²) < 4.78 is 0. The van der Waals surface area contributed by atoms with Gasteiger partial charge in [-0.1, -0.05) is 39.0 Å². The van der Waals surface area contributed by atoms with Gasteiger partial charge in [0.2, 0.25) is 0 Å². The van der Waals surface area contributed by atoms with Gasteiger partial charge in [-0.15, -0.1) is 0 Å². The Labute approximate surface area is 118 Å². The van der Waals surface area contributed by atoms with Gasteiger partial charge >= 0.3 is 0 Å². The van der Waals surface area contributed by atoms with Crippen LogP contribution in [0.4, 0.5) is 5.69 Å². The van der Waals surface area contributed by atoms with Crippen LogP contribution in [0.15, 0.2) is 24.3 Å². The average Bonchev–Trinajstić information content (AvgIpc) is 2.39. The maximum Gasteiger partial charge on any atom is 0.0399 e. The average molecular weight is 260 g/mol. The predicted octanol–water partition coefficient (Wildman–Crippen LogP) is 3.45. The molecule has 19 heavy (non-hydrogen) atoms. The first-order valence-corrected chi connectivity index (χ1v) is 7.55. The third-order valence-corrected chi connectivity index (χ3v) is 4.47. The lowest BCUT2D eigenvalue weighted by molar-refractivity contribution is 0.199. The van der Waals surface area contributed by atoms with Crippen molar-refractivity contribution in [1.82, 2.24) is 0 Å². The molecule has 2 rings (SSSR count). The van der Waals surface area contributed by atoms with E-state index in [-0.39, 0.29) is 0 Å². The number of hydrogen-bond donors (Lipinski definition) is 1. The first-order valence-electron chi connectivity index (χ1n) is 7.55. The lowest BCUT2D eigenvalue weighted by atomic mass is 9.75. The summed E-state index contributed by atoms with van der Waals surface area (Å²) in [5.74, 6) is 0.852. The number of benzene rings is 1. The number of anilines is 1. The summed E-state index contributed by atoms with van der Waals surface area (Å²) in [7, 11) is 0. The Morgan fingerprint density at radius 2 is 1.79 bits per heavy atom. The van der Waals surface area contributed by atoms with E-state index in [0.29, 0.717) is 5.41 Å². The fraction of sp³-hybridized carbons (Fsp3) is 0.647. The van der Waals surface area contributed by atoms with Crippen molar-refractivity contribution in [2.45, 2.75) is 40.0 Å². The molecule has 1 fully saturated rings. The number of rotatable bonds is 3. The lowest BCUT2D eigenvalue weighted by Gasteiger charge is -2.40. The molecule has 1 aliphatic heterocycles. The van der Waals surface area contributed by atoms with E-state index in [2.05, 4.69) is 49.9 Å². The van der Waals surface area contributed by atoms with Crippen LogP contribution < -0.4 is 10.6 Å². The normalized spacial score (nSPS) is 17.8. The van der Waals surface area contributed by atoms with Gasteiger partial charge in [-0.3, -0.25) is 0 Å². The van der Waals surface area contributed by atoms with Crippen LogP contribution in [0.25, 0.3) is 0 Å². The van der Waals surface area contributed by atoms with Crippen LogP contribution in [-0.2, 0) is 6.42 Å². The third-order valence-electron chi connectivity index (χ3n) is 4.47. The fourth-order valence-electron chi connectivity index (χ4n) is 3.17. The maximum absolute atomic E-state index is 5.72. The van der Waals surface area contributed by atoms with Crippen LogP contribution in [0.2, 0.25) is 0 Å². The SMILES string of the molecule is CC(C)(C)C1CCN(c2ccccc2CCN)CC1. The van der Waals surface area contributed by atoms with Crippen LogP contribution in [-0.4, -0.2) is 19.6 Å². The van der Waals surface area contributed by atoms with Gasteiger partial charge in [-0.25, -0.2) is 0 Å². The zero-order valence-electron chi connectivity index (χ0n) is 12.7. The Hall–Kier alpha value is -1.02. The third kappa shape index (κ3) is 3.50. The van der Waals surface area contributed by atoms with Crippen LogP contribution in [0.5, 0.6) is 0 Å². The lowest BCUT2D eigenvalue weighted by Crippen LogP contribution is -2.38. The highest BCUT2D eigenvalue weighted by atomic mass is 15.1. The van der Waals surface area contributed by atoms with Gasteiger partial charge in [0, 0.05) is 18.8 Å². The number of nitrogens with zero attached hydrogens (tertiary/aromatic N) is 1. The van der Waals surface area contributed by atoms with Crippen molar-refractivity contribution in [2.24, 2.45) is 17.1 Å². The van der Waals surface area contributed by atoms with Gasteiger partial charge in [0.1, 0.15) is 0 Å². The van der Waals surface area contributed by atoms with Crippen molar-refractivity contribution in [3.8, 4) is 0 Å². The molecular formula is C17H28N2. The van der Waals surface area contributed by atoms with Gasteiger partial charge in [0.05, 0.1) is 0 Å². The standard InChI is InChI=1S/C17H28N2/c1-17(2,3)15-9-12-19(13-10-15)16-7-5-4-6-14(16)8-11-18/h4-7,15H,8-13,18H2,1-3H3. The van der Waals surface area contributed by atoms with Gasteiger partial charge < -0.3 is 10.6 Å². The van der Waals surface area contributed by atoms with E-state index in [1.807, 2.05) is 0 Å². The highest BCUT2D eigenvalue weighted by Gasteiger charge is 2.29. The summed E-state index contributed by atoms with van der Waals surface area (Å²) in [5.41, 5.74) is 8.97. The largest absolute Gasteiger partial charge is 0.371 e. The highest BCUT2D eigenvalue weighted by Crippen LogP contribution is 2.36. The fourth-order valence-corrected chi connectivity index (χ4v) is 3.17. The number of hydrogen-bond acceptors (Lipinski definition) is 2. The molecule has 1 aliphatic rings. The van der Waals surface area contributed by atoms with E-state index in [1.165, 1.54) is 37.2 Å². The molecule has 106 valence electrons. The second-order valence-corrected chi connectivity index (χ2v) is 6.79. The zero-order chi connectivity index (χ0) is 13.9. The molecule has 0 unspecified atom stereocenters. The van der Waals surface area contributed by atoms with Gasteiger partial charge in [0.25, 0.3) is 0 Å². The summed E-state index contributed by atoms with van der Waals surface area (Å²) in [6.45, 7) is 10.2. The molecule has 1 aromatic rings. The molecule has 0 bridgehead atoms. The van der Waals surface area contributed by atoms with Crippen LogP contribution >= 0.6 is 0 Å². The molecule has 1 aromatic carbocycles. The first kappa shape index (κ1) is 14.4. The van der Waals surface area contributed by atoms with Gasteiger partial charge in [0.15, 0.2) is 0 Å². The van der Waals surface area contributed by atoms with Crippen molar-refractivity contribution < 1.29 is 0 Å². The molecule has 0 saturated carbocycles. The summed E-state index contributed by atoms with van der Waals surface area (Å²) in [6.07, 6.45) is 3.59. The predicted molar refractivity (Wildman–Crippen MR) is 83.6 cm³/mol. The highest BCUT2D eigenvalue weighted by molar-refractivity contribution is 5.54. The first-order chi connectivity index (χ1) is 9.02. The summed E-state index contributed by atoms with van der Waals surface area (Å²) in [4.78, 5) is 2.55. The van der Waals surface area contributed by atoms with Crippen molar-refractivity contribution in [3.63, 3.8) is 0 Å². The van der Waals surface area contributed by atoms with Crippen LogP contribution in [0, 0.1) is 11.3 Å². The number of nitrogens with two attached hydrogens (primary N) is 1. The smallest absolute Gasteiger partial charge is 0.0399 e. The van der Waals surface area contributed by atoms with E-state index in [1.54, 1.807) is 0 Å². The van der Waals surface area contributed by atoms with Crippen molar-refractivity contribution in [1.29, 1.82) is 0 Å². The maximum atomic E-state index is 5.72. The molecule has 0 aromatic heterocycles. The van der Waals surface area contributed by atoms with E-state index in [0.717, 1.165) is 18.9 Å². The van der Waals surface area contributed by atoms with E-state index >= 15 is 0 Å².